The fourth-order valence-electron chi connectivity index (χ4n) is 4.14. The molecule has 30 heavy (non-hydrogen) atoms. The van der Waals surface area contributed by atoms with Crippen molar-refractivity contribution < 1.29 is 19.1 Å². The fraction of sp³-hybridized carbons (Fsp3) is 0.417. The number of carbonyl (C=O) groups is 2. The lowest BCUT2D eigenvalue weighted by Gasteiger charge is -2.25. The third-order valence-electron chi connectivity index (χ3n) is 5.77. The van der Waals surface area contributed by atoms with E-state index in [1.54, 1.807) is 24.0 Å². The number of benzene rings is 2. The van der Waals surface area contributed by atoms with Gasteiger partial charge in [0.2, 0.25) is 11.8 Å². The van der Waals surface area contributed by atoms with Crippen LogP contribution in [-0.4, -0.2) is 56.0 Å². The molecule has 0 bridgehead atoms. The first-order valence-electron chi connectivity index (χ1n) is 10.3. The van der Waals surface area contributed by atoms with E-state index < -0.39 is 0 Å². The van der Waals surface area contributed by atoms with Crippen molar-refractivity contribution in [2.45, 2.75) is 25.8 Å². The summed E-state index contributed by atoms with van der Waals surface area (Å²) in [5.74, 6) is 1.000. The van der Waals surface area contributed by atoms with Crippen molar-refractivity contribution in [3.63, 3.8) is 0 Å². The van der Waals surface area contributed by atoms with Crippen LogP contribution in [0, 0.1) is 5.92 Å². The van der Waals surface area contributed by atoms with E-state index in [0.29, 0.717) is 37.6 Å². The second kappa shape index (κ2) is 9.65. The van der Waals surface area contributed by atoms with Gasteiger partial charge in [-0.05, 0) is 23.8 Å². The maximum atomic E-state index is 13.5. The molecule has 0 spiro atoms. The Balaban J connectivity index is 1.91. The molecule has 2 amide bonds. The highest BCUT2D eigenvalue weighted by molar-refractivity contribution is 5.83. The highest BCUT2D eigenvalue weighted by Crippen LogP contribution is 2.40. The van der Waals surface area contributed by atoms with Gasteiger partial charge >= 0.3 is 0 Å². The fourth-order valence-corrected chi connectivity index (χ4v) is 4.14. The van der Waals surface area contributed by atoms with Crippen LogP contribution in [0.1, 0.15) is 30.4 Å². The van der Waals surface area contributed by atoms with E-state index in [1.807, 2.05) is 62.5 Å². The standard InChI is InChI=1S/C24H30N2O4/c1-5-23(27)26-15-20(19-13-18(29-3)11-12-22(19)30-4)21(16-26)24(28)25(2)14-17-9-7-6-8-10-17/h6-13,20-21H,5,14-16H2,1-4H3. The van der Waals surface area contributed by atoms with Gasteiger partial charge in [-0.3, -0.25) is 9.59 Å². The summed E-state index contributed by atoms with van der Waals surface area (Å²) in [5.41, 5.74) is 1.97. The summed E-state index contributed by atoms with van der Waals surface area (Å²) in [5, 5.41) is 0. The van der Waals surface area contributed by atoms with Crippen molar-refractivity contribution in [3.05, 3.63) is 59.7 Å². The number of carbonyl (C=O) groups excluding carboxylic acids is 2. The summed E-state index contributed by atoms with van der Waals surface area (Å²) in [6.07, 6.45) is 0.419. The average molecular weight is 411 g/mol. The molecule has 1 aliphatic rings. The quantitative estimate of drug-likeness (QED) is 0.703. The summed E-state index contributed by atoms with van der Waals surface area (Å²) in [6, 6.07) is 15.5. The first kappa shape index (κ1) is 21.7. The van der Waals surface area contributed by atoms with Crippen LogP contribution >= 0.6 is 0 Å². The topological polar surface area (TPSA) is 59.1 Å². The van der Waals surface area contributed by atoms with Gasteiger partial charge in [-0.1, -0.05) is 37.3 Å². The van der Waals surface area contributed by atoms with Crippen LogP contribution < -0.4 is 9.47 Å². The summed E-state index contributed by atoms with van der Waals surface area (Å²) in [4.78, 5) is 29.4. The minimum Gasteiger partial charge on any atom is -0.497 e. The van der Waals surface area contributed by atoms with Crippen LogP contribution in [0.4, 0.5) is 0 Å². The van der Waals surface area contributed by atoms with E-state index in [-0.39, 0.29) is 23.7 Å². The number of amides is 2. The van der Waals surface area contributed by atoms with E-state index in [4.69, 9.17) is 9.47 Å². The highest BCUT2D eigenvalue weighted by atomic mass is 16.5. The Kier molecular flexibility index (Phi) is 6.98. The third kappa shape index (κ3) is 4.58. The van der Waals surface area contributed by atoms with Gasteiger partial charge in [-0.2, -0.15) is 0 Å². The van der Waals surface area contributed by atoms with Gasteiger partial charge in [0.05, 0.1) is 20.1 Å². The van der Waals surface area contributed by atoms with Crippen molar-refractivity contribution in [3.8, 4) is 11.5 Å². The second-order valence-electron chi connectivity index (χ2n) is 7.65. The Morgan fingerprint density at radius 3 is 2.43 bits per heavy atom. The first-order valence-corrected chi connectivity index (χ1v) is 10.3. The summed E-state index contributed by atoms with van der Waals surface area (Å²) >= 11 is 0. The molecule has 6 nitrogen and oxygen atoms in total. The van der Waals surface area contributed by atoms with E-state index in [0.717, 1.165) is 11.1 Å². The molecule has 0 N–H and O–H groups in total. The van der Waals surface area contributed by atoms with E-state index in [1.165, 1.54) is 0 Å². The number of methoxy groups -OCH3 is 2. The van der Waals surface area contributed by atoms with Crippen LogP contribution in [0.3, 0.4) is 0 Å². The first-order chi connectivity index (χ1) is 14.5. The zero-order valence-corrected chi connectivity index (χ0v) is 18.1. The Morgan fingerprint density at radius 1 is 1.07 bits per heavy atom. The third-order valence-corrected chi connectivity index (χ3v) is 5.77. The van der Waals surface area contributed by atoms with E-state index in [2.05, 4.69) is 0 Å². The molecule has 1 fully saturated rings. The van der Waals surface area contributed by atoms with Crippen LogP contribution in [0.5, 0.6) is 11.5 Å². The van der Waals surface area contributed by atoms with Gasteiger partial charge in [-0.25, -0.2) is 0 Å². The molecule has 2 atom stereocenters. The number of hydrogen-bond acceptors (Lipinski definition) is 4. The van der Waals surface area contributed by atoms with Crippen molar-refractivity contribution in [1.29, 1.82) is 0 Å². The zero-order chi connectivity index (χ0) is 21.7. The molecule has 0 aromatic heterocycles. The number of rotatable bonds is 7. The highest BCUT2D eigenvalue weighted by Gasteiger charge is 2.42. The number of ether oxygens (including phenoxy) is 2. The molecule has 1 aliphatic heterocycles. The zero-order valence-electron chi connectivity index (χ0n) is 18.1. The number of likely N-dealkylation sites (tertiary alicyclic amines) is 1. The lowest BCUT2D eigenvalue weighted by Crippen LogP contribution is -2.36. The van der Waals surface area contributed by atoms with Gasteiger partial charge in [-0.15, -0.1) is 0 Å². The van der Waals surface area contributed by atoms with Gasteiger partial charge in [0.1, 0.15) is 11.5 Å². The van der Waals surface area contributed by atoms with Crippen LogP contribution in [0.15, 0.2) is 48.5 Å². The molecule has 160 valence electrons. The smallest absolute Gasteiger partial charge is 0.228 e. The maximum Gasteiger partial charge on any atom is 0.228 e. The van der Waals surface area contributed by atoms with Gasteiger partial charge in [0.25, 0.3) is 0 Å². The molecular formula is C24H30N2O4. The van der Waals surface area contributed by atoms with Gasteiger partial charge < -0.3 is 19.3 Å². The minimum absolute atomic E-state index is 0.0279. The van der Waals surface area contributed by atoms with Crippen LogP contribution in [-0.2, 0) is 16.1 Å². The Labute approximate surface area is 178 Å². The second-order valence-corrected chi connectivity index (χ2v) is 7.65. The number of hydrogen-bond donors (Lipinski definition) is 0. The van der Waals surface area contributed by atoms with Crippen molar-refractivity contribution in [2.75, 3.05) is 34.4 Å². The average Bonchev–Trinajstić information content (AvgIpc) is 3.23. The summed E-state index contributed by atoms with van der Waals surface area (Å²) in [6.45, 7) is 3.28. The van der Waals surface area contributed by atoms with Gasteiger partial charge in [0, 0.05) is 44.6 Å². The summed E-state index contributed by atoms with van der Waals surface area (Å²) in [7, 11) is 5.05. The molecular weight excluding hydrogens is 380 g/mol. The molecule has 3 rings (SSSR count). The monoisotopic (exact) mass is 410 g/mol. The van der Waals surface area contributed by atoms with Crippen molar-refractivity contribution in [2.24, 2.45) is 5.92 Å². The molecule has 0 saturated carbocycles. The summed E-state index contributed by atoms with van der Waals surface area (Å²) < 4.78 is 11.0. The maximum absolute atomic E-state index is 13.5. The lowest BCUT2D eigenvalue weighted by molar-refractivity contribution is -0.135. The van der Waals surface area contributed by atoms with Crippen LogP contribution in [0.25, 0.3) is 0 Å². The SMILES string of the molecule is CCC(=O)N1CC(C(=O)N(C)Cc2ccccc2)C(c2cc(OC)ccc2OC)C1. The molecule has 2 aromatic rings. The normalized spacial score (nSPS) is 18.2. The largest absolute Gasteiger partial charge is 0.497 e. The van der Waals surface area contributed by atoms with Crippen molar-refractivity contribution in [1.82, 2.24) is 9.80 Å². The molecule has 2 unspecified atom stereocenters. The Bertz CT molecular complexity index is 884. The predicted octanol–water partition coefficient (Wildman–Crippen LogP) is 3.31. The molecule has 1 heterocycles. The van der Waals surface area contributed by atoms with Gasteiger partial charge in [0.15, 0.2) is 0 Å². The number of nitrogens with zero attached hydrogens (tertiary/aromatic N) is 2. The molecule has 0 radical (unpaired) electrons. The van der Waals surface area contributed by atoms with Crippen LogP contribution in [0.2, 0.25) is 0 Å². The van der Waals surface area contributed by atoms with E-state index in [9.17, 15) is 9.59 Å². The Morgan fingerprint density at radius 2 is 1.80 bits per heavy atom. The molecule has 0 aliphatic carbocycles. The molecule has 2 aromatic carbocycles. The lowest BCUT2D eigenvalue weighted by atomic mass is 9.87. The minimum atomic E-state index is -0.338. The van der Waals surface area contributed by atoms with E-state index >= 15 is 0 Å². The molecule has 1 saturated heterocycles. The predicted molar refractivity (Wildman–Crippen MR) is 116 cm³/mol. The van der Waals surface area contributed by atoms with Crippen molar-refractivity contribution >= 4 is 11.8 Å². The molecule has 6 heteroatoms. The Hall–Kier alpha value is -3.02.